The number of nitrogens with one attached hydrogen (secondary N) is 3. The van der Waals surface area contributed by atoms with Crippen LogP contribution in [-0.4, -0.2) is 34.7 Å². The Morgan fingerprint density at radius 2 is 1.96 bits per heavy atom. The standard InChI is InChI=1S/C17H25N3O3/c1-16(2,3)23-15(22)20-13-9-12(17(13)6-4-7-17)19-14(21)11-5-8-18-10-11/h5,8,10,12-13,18H,4,6-7,9H2,1-3H3,(H,19,21)(H,20,22). The van der Waals surface area contributed by atoms with Crippen LogP contribution in [0.5, 0.6) is 0 Å². The van der Waals surface area contributed by atoms with Gasteiger partial charge < -0.3 is 20.4 Å². The van der Waals surface area contributed by atoms with Crippen LogP contribution in [0.2, 0.25) is 0 Å². The summed E-state index contributed by atoms with van der Waals surface area (Å²) in [4.78, 5) is 27.1. The minimum Gasteiger partial charge on any atom is -0.444 e. The smallest absolute Gasteiger partial charge is 0.407 e. The molecule has 2 saturated carbocycles. The van der Waals surface area contributed by atoms with Gasteiger partial charge in [-0.15, -0.1) is 0 Å². The number of aromatic nitrogens is 1. The third-order valence-electron chi connectivity index (χ3n) is 5.00. The van der Waals surface area contributed by atoms with Gasteiger partial charge in [-0.1, -0.05) is 6.42 Å². The molecule has 126 valence electrons. The Bertz CT molecular complexity index is 585. The van der Waals surface area contributed by atoms with Crippen molar-refractivity contribution in [3.05, 3.63) is 24.0 Å². The number of carbonyl (C=O) groups is 2. The summed E-state index contributed by atoms with van der Waals surface area (Å²) in [5.74, 6) is -0.0572. The number of alkyl carbamates (subject to hydrolysis) is 1. The lowest BCUT2D eigenvalue weighted by atomic mass is 9.50. The molecule has 0 aliphatic heterocycles. The van der Waals surface area contributed by atoms with Gasteiger partial charge in [-0.05, 0) is 46.1 Å². The zero-order chi connectivity index (χ0) is 16.7. The molecule has 6 heteroatoms. The Morgan fingerprint density at radius 1 is 1.26 bits per heavy atom. The van der Waals surface area contributed by atoms with Gasteiger partial charge in [0.15, 0.2) is 0 Å². The van der Waals surface area contributed by atoms with Gasteiger partial charge in [0.2, 0.25) is 0 Å². The number of amides is 2. The van der Waals surface area contributed by atoms with Crippen molar-refractivity contribution in [1.82, 2.24) is 15.6 Å². The van der Waals surface area contributed by atoms with Crippen molar-refractivity contribution in [3.63, 3.8) is 0 Å². The minimum absolute atomic E-state index is 0.00285. The average molecular weight is 319 g/mol. The van der Waals surface area contributed by atoms with Crippen LogP contribution in [-0.2, 0) is 4.74 Å². The third kappa shape index (κ3) is 3.07. The highest BCUT2D eigenvalue weighted by Gasteiger charge is 2.59. The van der Waals surface area contributed by atoms with Gasteiger partial charge in [-0.25, -0.2) is 4.79 Å². The minimum atomic E-state index is -0.498. The molecule has 0 aromatic carbocycles. The molecule has 1 spiro atoms. The Hall–Kier alpha value is -1.98. The van der Waals surface area contributed by atoms with Crippen molar-refractivity contribution in [2.75, 3.05) is 0 Å². The van der Waals surface area contributed by atoms with Crippen molar-refractivity contribution in [2.45, 2.75) is 64.1 Å². The van der Waals surface area contributed by atoms with E-state index in [1.807, 2.05) is 20.8 Å². The van der Waals surface area contributed by atoms with E-state index < -0.39 is 5.60 Å². The van der Waals surface area contributed by atoms with E-state index in [1.54, 1.807) is 18.5 Å². The highest BCUT2D eigenvalue weighted by molar-refractivity contribution is 5.94. The number of hydrogen-bond acceptors (Lipinski definition) is 3. The molecule has 3 rings (SSSR count). The average Bonchev–Trinajstić information content (AvgIpc) is 2.86. The number of ether oxygens (including phenoxy) is 1. The maximum Gasteiger partial charge on any atom is 0.407 e. The van der Waals surface area contributed by atoms with Crippen LogP contribution in [0.25, 0.3) is 0 Å². The van der Waals surface area contributed by atoms with E-state index in [0.29, 0.717) is 5.56 Å². The summed E-state index contributed by atoms with van der Waals surface area (Å²) in [6, 6.07) is 1.97. The molecule has 2 fully saturated rings. The SMILES string of the molecule is CC(C)(C)OC(=O)NC1CC(NC(=O)c2cc[nH]c2)C12CCC2. The molecular weight excluding hydrogens is 294 g/mol. The summed E-state index contributed by atoms with van der Waals surface area (Å²) in [5.41, 5.74) is 0.147. The molecule has 0 saturated heterocycles. The van der Waals surface area contributed by atoms with Crippen molar-refractivity contribution in [3.8, 4) is 0 Å². The second-order valence-electron chi connectivity index (χ2n) is 7.65. The Kier molecular flexibility index (Phi) is 3.86. The summed E-state index contributed by atoms with van der Waals surface area (Å²) in [6.07, 6.45) is 7.03. The number of rotatable bonds is 3. The normalized spacial score (nSPS) is 25.2. The van der Waals surface area contributed by atoms with Gasteiger partial charge >= 0.3 is 6.09 Å². The zero-order valence-electron chi connectivity index (χ0n) is 13.9. The van der Waals surface area contributed by atoms with Crippen molar-refractivity contribution in [1.29, 1.82) is 0 Å². The van der Waals surface area contributed by atoms with Crippen LogP contribution in [0.4, 0.5) is 4.79 Å². The van der Waals surface area contributed by atoms with Crippen molar-refractivity contribution in [2.24, 2.45) is 5.41 Å². The first-order chi connectivity index (χ1) is 10.8. The summed E-state index contributed by atoms with van der Waals surface area (Å²) >= 11 is 0. The van der Waals surface area contributed by atoms with Gasteiger partial charge in [0.05, 0.1) is 5.56 Å². The second kappa shape index (κ2) is 5.58. The Morgan fingerprint density at radius 3 is 2.48 bits per heavy atom. The number of H-pyrrole nitrogens is 1. The first kappa shape index (κ1) is 15.9. The quantitative estimate of drug-likeness (QED) is 0.800. The van der Waals surface area contributed by atoms with Gasteiger partial charge in [0.25, 0.3) is 5.91 Å². The fourth-order valence-corrected chi connectivity index (χ4v) is 3.63. The first-order valence-electron chi connectivity index (χ1n) is 8.23. The molecule has 1 aromatic heterocycles. The molecule has 1 aromatic rings. The van der Waals surface area contributed by atoms with Crippen LogP contribution < -0.4 is 10.6 Å². The summed E-state index contributed by atoms with van der Waals surface area (Å²) in [7, 11) is 0. The highest BCUT2D eigenvalue weighted by Crippen LogP contribution is 2.56. The van der Waals surface area contributed by atoms with Gasteiger partial charge in [0, 0.05) is 29.9 Å². The molecule has 2 unspecified atom stereocenters. The van der Waals surface area contributed by atoms with Crippen LogP contribution in [0.15, 0.2) is 18.5 Å². The fourth-order valence-electron chi connectivity index (χ4n) is 3.63. The van der Waals surface area contributed by atoms with E-state index >= 15 is 0 Å². The van der Waals surface area contributed by atoms with Crippen LogP contribution in [0.1, 0.15) is 56.8 Å². The van der Waals surface area contributed by atoms with E-state index in [4.69, 9.17) is 4.74 Å². The lowest BCUT2D eigenvalue weighted by Crippen LogP contribution is -2.71. The molecule has 2 amide bonds. The molecule has 1 heterocycles. The van der Waals surface area contributed by atoms with Crippen LogP contribution in [0, 0.1) is 5.41 Å². The summed E-state index contributed by atoms with van der Waals surface area (Å²) in [5, 5.41) is 6.10. The molecular formula is C17H25N3O3. The number of carbonyl (C=O) groups excluding carboxylic acids is 2. The third-order valence-corrected chi connectivity index (χ3v) is 5.00. The maximum atomic E-state index is 12.2. The Balaban J connectivity index is 1.57. The molecule has 3 N–H and O–H groups in total. The van der Waals surface area contributed by atoms with E-state index in [9.17, 15) is 9.59 Å². The molecule has 0 bridgehead atoms. The van der Waals surface area contributed by atoms with Gasteiger partial charge in [-0.3, -0.25) is 4.79 Å². The topological polar surface area (TPSA) is 83.2 Å². The van der Waals surface area contributed by atoms with E-state index in [-0.39, 0.29) is 29.5 Å². The predicted octanol–water partition coefficient (Wildman–Crippen LogP) is 2.58. The van der Waals surface area contributed by atoms with E-state index in [0.717, 1.165) is 25.7 Å². The first-order valence-corrected chi connectivity index (χ1v) is 8.23. The van der Waals surface area contributed by atoms with Crippen molar-refractivity contribution < 1.29 is 14.3 Å². The zero-order valence-corrected chi connectivity index (χ0v) is 13.9. The lowest BCUT2D eigenvalue weighted by molar-refractivity contribution is -0.0578. The van der Waals surface area contributed by atoms with Crippen LogP contribution >= 0.6 is 0 Å². The molecule has 2 aliphatic carbocycles. The predicted molar refractivity (Wildman–Crippen MR) is 86.1 cm³/mol. The molecule has 0 radical (unpaired) electrons. The van der Waals surface area contributed by atoms with Crippen LogP contribution in [0.3, 0.4) is 0 Å². The maximum absolute atomic E-state index is 12.2. The summed E-state index contributed by atoms with van der Waals surface area (Å²) < 4.78 is 5.34. The summed E-state index contributed by atoms with van der Waals surface area (Å²) in [6.45, 7) is 5.56. The fraction of sp³-hybridized carbons (Fsp3) is 0.647. The second-order valence-corrected chi connectivity index (χ2v) is 7.65. The number of aromatic amines is 1. The molecule has 2 atom stereocenters. The largest absolute Gasteiger partial charge is 0.444 e. The lowest BCUT2D eigenvalue weighted by Gasteiger charge is -2.61. The van der Waals surface area contributed by atoms with E-state index in [2.05, 4.69) is 15.6 Å². The van der Waals surface area contributed by atoms with Gasteiger partial charge in [0.1, 0.15) is 5.60 Å². The van der Waals surface area contributed by atoms with Crippen molar-refractivity contribution >= 4 is 12.0 Å². The highest BCUT2D eigenvalue weighted by atomic mass is 16.6. The molecule has 6 nitrogen and oxygen atoms in total. The van der Waals surface area contributed by atoms with E-state index in [1.165, 1.54) is 0 Å². The number of hydrogen-bond donors (Lipinski definition) is 3. The van der Waals surface area contributed by atoms with Gasteiger partial charge in [-0.2, -0.15) is 0 Å². The Labute approximate surface area is 136 Å². The molecule has 2 aliphatic rings. The monoisotopic (exact) mass is 319 g/mol. The molecule has 23 heavy (non-hydrogen) atoms.